The summed E-state index contributed by atoms with van der Waals surface area (Å²) in [5, 5.41) is 7.57. The summed E-state index contributed by atoms with van der Waals surface area (Å²) >= 11 is 5.09. The Morgan fingerprint density at radius 1 is 1.04 bits per heavy atom. The molecular formula is C15H13N7S. The van der Waals surface area contributed by atoms with Gasteiger partial charge >= 0.3 is 0 Å². The summed E-state index contributed by atoms with van der Waals surface area (Å²) in [6.07, 6.45) is 4.80. The van der Waals surface area contributed by atoms with Crippen LogP contribution in [0.1, 0.15) is 18.4 Å². The number of nitrogens with one attached hydrogen (secondary N) is 3. The molecule has 2 aromatic heterocycles. The topological polar surface area (TPSA) is 90.9 Å². The minimum Gasteiger partial charge on any atom is -0.340 e. The highest BCUT2D eigenvalue weighted by Gasteiger charge is 2.11. The molecule has 0 atom stereocenters. The van der Waals surface area contributed by atoms with E-state index in [0.29, 0.717) is 11.5 Å². The quantitative estimate of drug-likeness (QED) is 0.642. The number of imidazole rings is 1. The zero-order chi connectivity index (χ0) is 15.6. The van der Waals surface area contributed by atoms with Crippen LogP contribution in [-0.2, 0) is 0 Å². The van der Waals surface area contributed by atoms with E-state index in [1.165, 1.54) is 6.33 Å². The van der Waals surface area contributed by atoms with Gasteiger partial charge in [-0.05, 0) is 24.1 Å². The van der Waals surface area contributed by atoms with Crippen LogP contribution in [0, 0.1) is 0 Å². The fourth-order valence-electron chi connectivity index (χ4n) is 2.42. The average molecular weight is 323 g/mol. The average Bonchev–Trinajstić information content (AvgIpc) is 3.06. The summed E-state index contributed by atoms with van der Waals surface area (Å²) in [6, 6.07) is 8.05. The number of nitrogens with zero attached hydrogens (tertiary/aromatic N) is 4. The van der Waals surface area contributed by atoms with Crippen molar-refractivity contribution < 1.29 is 0 Å². The molecule has 23 heavy (non-hydrogen) atoms. The van der Waals surface area contributed by atoms with Gasteiger partial charge in [0.15, 0.2) is 11.5 Å². The Morgan fingerprint density at radius 2 is 1.91 bits per heavy atom. The number of hydrogen-bond acceptors (Lipinski definition) is 6. The van der Waals surface area contributed by atoms with Crippen LogP contribution in [0.4, 0.5) is 11.5 Å². The predicted molar refractivity (Wildman–Crippen MR) is 92.9 cm³/mol. The fourth-order valence-corrected chi connectivity index (χ4v) is 2.57. The molecule has 0 aliphatic carbocycles. The van der Waals surface area contributed by atoms with E-state index in [-0.39, 0.29) is 0 Å². The second-order valence-corrected chi connectivity index (χ2v) is 5.61. The molecule has 0 saturated heterocycles. The van der Waals surface area contributed by atoms with E-state index in [0.717, 1.165) is 40.3 Å². The molecule has 7 nitrogen and oxygen atoms in total. The highest BCUT2D eigenvalue weighted by atomic mass is 32.1. The number of hydrazone groups is 1. The van der Waals surface area contributed by atoms with Crippen LogP contribution in [0.25, 0.3) is 11.2 Å². The van der Waals surface area contributed by atoms with E-state index in [2.05, 4.69) is 35.8 Å². The lowest BCUT2D eigenvalue weighted by atomic mass is 10.0. The molecule has 0 spiro atoms. The van der Waals surface area contributed by atoms with Crippen LogP contribution < -0.4 is 10.7 Å². The van der Waals surface area contributed by atoms with Crippen LogP contribution in [0.15, 0.2) is 42.0 Å². The van der Waals surface area contributed by atoms with Gasteiger partial charge in [0.2, 0.25) is 0 Å². The van der Waals surface area contributed by atoms with E-state index in [1.54, 1.807) is 6.33 Å². The van der Waals surface area contributed by atoms with Crippen LogP contribution in [0.2, 0.25) is 0 Å². The molecule has 1 aliphatic rings. The Kier molecular flexibility index (Phi) is 3.43. The van der Waals surface area contributed by atoms with Crippen molar-refractivity contribution in [2.45, 2.75) is 12.8 Å². The number of fused-ring (bicyclic) bond motifs is 1. The standard InChI is InChI=1S/C15H13N7S/c23-12-6-5-11(21-22-12)9-1-3-10(4-2-9)20-15-13-14(17-7-16-13)18-8-19-15/h1-4,7-8H,5-6H2,(H,22,23)(H2,16,17,18,19,20). The SMILES string of the molecule is S=C1CCC(c2ccc(Nc3ncnc4nc[nH]c34)cc2)=NN1. The summed E-state index contributed by atoms with van der Waals surface area (Å²) in [5.74, 6) is 0.697. The Hall–Kier alpha value is -2.87. The van der Waals surface area contributed by atoms with E-state index in [9.17, 15) is 0 Å². The van der Waals surface area contributed by atoms with Crippen LogP contribution in [0.5, 0.6) is 0 Å². The third kappa shape index (κ3) is 2.76. The number of hydrogen-bond donors (Lipinski definition) is 3. The minimum atomic E-state index is 0.637. The first-order valence-corrected chi connectivity index (χ1v) is 7.57. The number of aromatic nitrogens is 4. The van der Waals surface area contributed by atoms with Gasteiger partial charge < -0.3 is 10.3 Å². The number of H-pyrrole nitrogens is 1. The zero-order valence-corrected chi connectivity index (χ0v) is 12.9. The molecule has 4 rings (SSSR count). The summed E-state index contributed by atoms with van der Waals surface area (Å²) in [7, 11) is 0. The third-order valence-electron chi connectivity index (χ3n) is 3.61. The maximum Gasteiger partial charge on any atom is 0.182 e. The molecule has 0 unspecified atom stereocenters. The van der Waals surface area contributed by atoms with Crippen LogP contribution in [-0.4, -0.2) is 30.6 Å². The second-order valence-electron chi connectivity index (χ2n) is 5.12. The highest BCUT2D eigenvalue weighted by Crippen LogP contribution is 2.21. The normalized spacial score (nSPS) is 14.4. The van der Waals surface area contributed by atoms with Crippen molar-refractivity contribution in [3.05, 3.63) is 42.5 Å². The molecule has 0 saturated carbocycles. The van der Waals surface area contributed by atoms with E-state index < -0.39 is 0 Å². The first kappa shape index (κ1) is 13.8. The number of anilines is 2. The fraction of sp³-hybridized carbons (Fsp3) is 0.133. The number of benzene rings is 1. The molecule has 1 aliphatic heterocycles. The summed E-state index contributed by atoms with van der Waals surface area (Å²) in [4.78, 5) is 16.3. The first-order chi connectivity index (χ1) is 11.3. The Morgan fingerprint density at radius 3 is 2.70 bits per heavy atom. The van der Waals surface area contributed by atoms with Gasteiger partial charge in [0.05, 0.1) is 17.0 Å². The molecule has 8 heteroatoms. The van der Waals surface area contributed by atoms with Gasteiger partial charge in [-0.1, -0.05) is 24.4 Å². The van der Waals surface area contributed by atoms with Gasteiger partial charge in [-0.25, -0.2) is 15.0 Å². The third-order valence-corrected chi connectivity index (χ3v) is 3.90. The summed E-state index contributed by atoms with van der Waals surface area (Å²) in [5.41, 5.74) is 7.33. The van der Waals surface area contributed by atoms with Gasteiger partial charge in [0, 0.05) is 12.1 Å². The predicted octanol–water partition coefficient (Wildman–Crippen LogP) is 2.51. The largest absolute Gasteiger partial charge is 0.340 e. The van der Waals surface area contributed by atoms with Crippen molar-refractivity contribution in [3.8, 4) is 0 Å². The Labute approximate surface area is 137 Å². The van der Waals surface area contributed by atoms with Crippen molar-refractivity contribution in [2.24, 2.45) is 5.10 Å². The molecule has 3 N–H and O–H groups in total. The molecule has 0 amide bonds. The molecular weight excluding hydrogens is 310 g/mol. The molecule has 1 aromatic carbocycles. The summed E-state index contributed by atoms with van der Waals surface area (Å²) < 4.78 is 0. The van der Waals surface area contributed by atoms with Gasteiger partial charge in [0.25, 0.3) is 0 Å². The first-order valence-electron chi connectivity index (χ1n) is 7.16. The smallest absolute Gasteiger partial charge is 0.182 e. The van der Waals surface area contributed by atoms with Crippen molar-refractivity contribution in [2.75, 3.05) is 5.32 Å². The van der Waals surface area contributed by atoms with E-state index >= 15 is 0 Å². The molecule has 3 heterocycles. The van der Waals surface area contributed by atoms with Crippen molar-refractivity contribution >= 4 is 45.6 Å². The molecule has 0 bridgehead atoms. The van der Waals surface area contributed by atoms with Gasteiger partial charge in [-0.2, -0.15) is 5.10 Å². The summed E-state index contributed by atoms with van der Waals surface area (Å²) in [6.45, 7) is 0. The van der Waals surface area contributed by atoms with Crippen molar-refractivity contribution in [1.29, 1.82) is 0 Å². The van der Waals surface area contributed by atoms with Gasteiger partial charge in [0.1, 0.15) is 11.8 Å². The molecule has 0 fully saturated rings. The van der Waals surface area contributed by atoms with Crippen molar-refractivity contribution in [3.63, 3.8) is 0 Å². The number of rotatable bonds is 3. The monoisotopic (exact) mass is 323 g/mol. The van der Waals surface area contributed by atoms with E-state index in [4.69, 9.17) is 12.2 Å². The Bertz CT molecular complexity index is 898. The molecule has 0 radical (unpaired) electrons. The van der Waals surface area contributed by atoms with Crippen LogP contribution in [0.3, 0.4) is 0 Å². The maximum atomic E-state index is 5.09. The number of aromatic amines is 1. The second kappa shape index (κ2) is 5.73. The van der Waals surface area contributed by atoms with E-state index in [1.807, 2.05) is 24.3 Å². The Balaban J connectivity index is 1.57. The zero-order valence-electron chi connectivity index (χ0n) is 12.1. The lowest BCUT2D eigenvalue weighted by Crippen LogP contribution is -2.24. The lowest BCUT2D eigenvalue weighted by molar-refractivity contribution is 0.927. The minimum absolute atomic E-state index is 0.637. The number of thiocarbonyl (C=S) groups is 1. The van der Waals surface area contributed by atoms with Crippen LogP contribution >= 0.6 is 12.2 Å². The van der Waals surface area contributed by atoms with Crippen molar-refractivity contribution in [1.82, 2.24) is 25.4 Å². The lowest BCUT2D eigenvalue weighted by Gasteiger charge is -2.14. The van der Waals surface area contributed by atoms with Gasteiger partial charge in [-0.3, -0.25) is 5.43 Å². The molecule has 3 aromatic rings. The maximum absolute atomic E-state index is 5.09. The molecule has 114 valence electrons. The highest BCUT2D eigenvalue weighted by molar-refractivity contribution is 7.80. The van der Waals surface area contributed by atoms with Gasteiger partial charge in [-0.15, -0.1) is 0 Å².